The summed E-state index contributed by atoms with van der Waals surface area (Å²) in [7, 11) is 0. The highest BCUT2D eigenvalue weighted by Gasteiger charge is 2.35. The Balaban J connectivity index is 3.80. The van der Waals surface area contributed by atoms with Gasteiger partial charge in [0.25, 0.3) is 0 Å². The van der Waals surface area contributed by atoms with Crippen molar-refractivity contribution in [1.82, 2.24) is 5.32 Å². The number of halogens is 3. The number of alkyl halides is 3. The third kappa shape index (κ3) is 5.41. The van der Waals surface area contributed by atoms with Gasteiger partial charge in [0.1, 0.15) is 0 Å². The van der Waals surface area contributed by atoms with Gasteiger partial charge in [-0.15, -0.1) is 0 Å². The Hall–Kier alpha value is -0.250. The number of hydrogen-bond acceptors (Lipinski definition) is 1. The first kappa shape index (κ1) is 11.8. The van der Waals surface area contributed by atoms with Crippen molar-refractivity contribution in [2.24, 2.45) is 5.92 Å². The molecule has 1 unspecified atom stereocenters. The summed E-state index contributed by atoms with van der Waals surface area (Å²) >= 11 is 0. The Morgan fingerprint density at radius 2 is 1.58 bits per heavy atom. The number of hydrogen-bond donors (Lipinski definition) is 1. The molecule has 1 atom stereocenters. The van der Waals surface area contributed by atoms with Crippen LogP contribution in [0.5, 0.6) is 0 Å². The van der Waals surface area contributed by atoms with E-state index in [2.05, 4.69) is 5.32 Å². The van der Waals surface area contributed by atoms with Crippen LogP contribution < -0.4 is 5.32 Å². The Kier molecular flexibility index (Phi) is 3.57. The SMILES string of the molecule is CC(CNC(C)(C)C)C(F)(F)F. The van der Waals surface area contributed by atoms with Gasteiger partial charge >= 0.3 is 6.18 Å². The van der Waals surface area contributed by atoms with Crippen molar-refractivity contribution >= 4 is 0 Å². The average molecular weight is 183 g/mol. The topological polar surface area (TPSA) is 12.0 Å². The van der Waals surface area contributed by atoms with Gasteiger partial charge in [-0.05, 0) is 20.8 Å². The molecule has 74 valence electrons. The maximum absolute atomic E-state index is 12.0. The summed E-state index contributed by atoms with van der Waals surface area (Å²) in [5.74, 6) is -1.28. The molecule has 4 heteroatoms. The van der Waals surface area contributed by atoms with Gasteiger partial charge in [-0.1, -0.05) is 6.92 Å². The second kappa shape index (κ2) is 3.64. The molecule has 0 saturated carbocycles. The van der Waals surface area contributed by atoms with Crippen LogP contribution in [-0.2, 0) is 0 Å². The molecule has 12 heavy (non-hydrogen) atoms. The fourth-order valence-corrected chi connectivity index (χ4v) is 0.575. The third-order valence-electron chi connectivity index (χ3n) is 1.50. The molecule has 1 N–H and O–H groups in total. The molecule has 0 bridgehead atoms. The first-order valence-corrected chi connectivity index (χ1v) is 3.94. The van der Waals surface area contributed by atoms with Crippen LogP contribution in [0.15, 0.2) is 0 Å². The molecule has 0 saturated heterocycles. The van der Waals surface area contributed by atoms with Crippen LogP contribution in [0.25, 0.3) is 0 Å². The maximum Gasteiger partial charge on any atom is 0.392 e. The van der Waals surface area contributed by atoms with Gasteiger partial charge in [0, 0.05) is 12.1 Å². The fourth-order valence-electron chi connectivity index (χ4n) is 0.575. The van der Waals surface area contributed by atoms with Crippen molar-refractivity contribution in [3.63, 3.8) is 0 Å². The van der Waals surface area contributed by atoms with Crippen LogP contribution in [0, 0.1) is 5.92 Å². The third-order valence-corrected chi connectivity index (χ3v) is 1.50. The van der Waals surface area contributed by atoms with E-state index in [4.69, 9.17) is 0 Å². The van der Waals surface area contributed by atoms with Crippen molar-refractivity contribution in [2.75, 3.05) is 6.54 Å². The van der Waals surface area contributed by atoms with Crippen LogP contribution in [0.2, 0.25) is 0 Å². The van der Waals surface area contributed by atoms with E-state index in [0.29, 0.717) is 0 Å². The summed E-state index contributed by atoms with van der Waals surface area (Å²) < 4.78 is 36.0. The van der Waals surface area contributed by atoms with Crippen molar-refractivity contribution in [1.29, 1.82) is 0 Å². The lowest BCUT2D eigenvalue weighted by atomic mass is 10.1. The van der Waals surface area contributed by atoms with Gasteiger partial charge < -0.3 is 5.32 Å². The van der Waals surface area contributed by atoms with Gasteiger partial charge in [0.2, 0.25) is 0 Å². The minimum atomic E-state index is -4.09. The predicted octanol–water partition coefficient (Wildman–Crippen LogP) is 2.57. The lowest BCUT2D eigenvalue weighted by Gasteiger charge is -2.24. The van der Waals surface area contributed by atoms with E-state index in [1.807, 2.05) is 20.8 Å². The minimum Gasteiger partial charge on any atom is -0.311 e. The highest BCUT2D eigenvalue weighted by atomic mass is 19.4. The minimum absolute atomic E-state index is 0.0208. The summed E-state index contributed by atoms with van der Waals surface area (Å²) in [6.45, 7) is 6.69. The van der Waals surface area contributed by atoms with Crippen LogP contribution in [0.1, 0.15) is 27.7 Å². The Bertz CT molecular complexity index is 134. The smallest absolute Gasteiger partial charge is 0.311 e. The zero-order valence-corrected chi connectivity index (χ0v) is 7.92. The second-order valence-electron chi connectivity index (χ2n) is 4.07. The quantitative estimate of drug-likeness (QED) is 0.693. The van der Waals surface area contributed by atoms with Crippen molar-refractivity contribution in [3.8, 4) is 0 Å². The van der Waals surface area contributed by atoms with Crippen LogP contribution in [-0.4, -0.2) is 18.3 Å². The summed E-state index contributed by atoms with van der Waals surface area (Å²) in [5, 5.41) is 2.81. The van der Waals surface area contributed by atoms with E-state index in [1.54, 1.807) is 0 Å². The first-order valence-electron chi connectivity index (χ1n) is 3.94. The van der Waals surface area contributed by atoms with E-state index in [9.17, 15) is 13.2 Å². The Labute approximate surface area is 71.3 Å². The molecular weight excluding hydrogens is 167 g/mol. The predicted molar refractivity (Wildman–Crippen MR) is 43.0 cm³/mol. The van der Waals surface area contributed by atoms with Crippen molar-refractivity contribution in [3.05, 3.63) is 0 Å². The second-order valence-corrected chi connectivity index (χ2v) is 4.07. The van der Waals surface area contributed by atoms with Gasteiger partial charge in [-0.2, -0.15) is 13.2 Å². The van der Waals surface area contributed by atoms with Gasteiger partial charge in [-0.3, -0.25) is 0 Å². The number of rotatable bonds is 2. The summed E-state index contributed by atoms with van der Waals surface area (Å²) in [4.78, 5) is 0. The van der Waals surface area contributed by atoms with E-state index in [-0.39, 0.29) is 12.1 Å². The molecule has 0 aromatic rings. The van der Waals surface area contributed by atoms with E-state index in [0.717, 1.165) is 0 Å². The fraction of sp³-hybridized carbons (Fsp3) is 1.00. The highest BCUT2D eigenvalue weighted by molar-refractivity contribution is 4.74. The molecule has 0 heterocycles. The van der Waals surface area contributed by atoms with Gasteiger partial charge in [0.15, 0.2) is 0 Å². The molecule has 0 aliphatic heterocycles. The first-order chi connectivity index (χ1) is 5.13. The molecule has 0 fully saturated rings. The average Bonchev–Trinajstić information content (AvgIpc) is 1.78. The maximum atomic E-state index is 12.0. The van der Waals surface area contributed by atoms with Crippen LogP contribution in [0.3, 0.4) is 0 Å². The molecule has 0 amide bonds. The van der Waals surface area contributed by atoms with E-state index < -0.39 is 12.1 Å². The van der Waals surface area contributed by atoms with Gasteiger partial charge in [-0.25, -0.2) is 0 Å². The lowest BCUT2D eigenvalue weighted by molar-refractivity contribution is -0.168. The molecule has 1 nitrogen and oxygen atoms in total. The molecule has 0 rings (SSSR count). The van der Waals surface area contributed by atoms with Crippen LogP contribution >= 0.6 is 0 Å². The normalized spacial score (nSPS) is 16.2. The largest absolute Gasteiger partial charge is 0.392 e. The molecule has 0 aliphatic carbocycles. The Morgan fingerprint density at radius 1 is 1.17 bits per heavy atom. The highest BCUT2D eigenvalue weighted by Crippen LogP contribution is 2.25. The van der Waals surface area contributed by atoms with Crippen molar-refractivity contribution < 1.29 is 13.2 Å². The molecular formula is C8H16F3N. The molecule has 0 aliphatic rings. The zero-order chi connectivity index (χ0) is 9.99. The molecule has 0 radical (unpaired) electrons. The Morgan fingerprint density at radius 3 is 1.83 bits per heavy atom. The summed E-state index contributed by atoms with van der Waals surface area (Å²) in [6, 6.07) is 0. The summed E-state index contributed by atoms with van der Waals surface area (Å²) in [5.41, 5.74) is -0.250. The standard InChI is InChI=1S/C8H16F3N/c1-6(8(9,10)11)5-12-7(2,3)4/h6,12H,5H2,1-4H3. The summed E-state index contributed by atoms with van der Waals surface area (Å²) in [6.07, 6.45) is -4.09. The molecule has 0 aromatic heterocycles. The number of nitrogens with one attached hydrogen (secondary N) is 1. The van der Waals surface area contributed by atoms with E-state index >= 15 is 0 Å². The lowest BCUT2D eigenvalue weighted by Crippen LogP contribution is -2.41. The molecule has 0 spiro atoms. The van der Waals surface area contributed by atoms with Crippen molar-refractivity contribution in [2.45, 2.75) is 39.4 Å². The zero-order valence-electron chi connectivity index (χ0n) is 7.92. The van der Waals surface area contributed by atoms with Crippen LogP contribution in [0.4, 0.5) is 13.2 Å². The monoisotopic (exact) mass is 183 g/mol. The molecule has 0 aromatic carbocycles. The van der Waals surface area contributed by atoms with Gasteiger partial charge in [0.05, 0.1) is 5.92 Å². The van der Waals surface area contributed by atoms with E-state index in [1.165, 1.54) is 6.92 Å².